The fourth-order valence-electron chi connectivity index (χ4n) is 3.09. The van der Waals surface area contributed by atoms with Crippen molar-refractivity contribution in [3.63, 3.8) is 0 Å². The van der Waals surface area contributed by atoms with Gasteiger partial charge in [0.15, 0.2) is 17.0 Å². The Morgan fingerprint density at radius 3 is 2.77 bits per heavy atom. The number of nitrogens with one attached hydrogen (secondary N) is 1. The maximum absolute atomic E-state index is 13.7. The minimum absolute atomic E-state index is 0.0297. The van der Waals surface area contributed by atoms with Crippen molar-refractivity contribution in [2.45, 2.75) is 32.5 Å². The Balaban J connectivity index is 1.58. The van der Waals surface area contributed by atoms with Crippen LogP contribution in [0.15, 0.2) is 42.7 Å². The van der Waals surface area contributed by atoms with E-state index in [4.69, 9.17) is 0 Å². The molecule has 0 aliphatic rings. The third-order valence-electron chi connectivity index (χ3n) is 4.62. The first-order valence-corrected chi connectivity index (χ1v) is 10.5. The summed E-state index contributed by atoms with van der Waals surface area (Å²) < 4.78 is 43.5. The summed E-state index contributed by atoms with van der Waals surface area (Å²) in [5.74, 6) is -0.551. The Bertz CT molecular complexity index is 1200. The molecule has 0 spiro atoms. The Morgan fingerprint density at radius 2 is 2.10 bits per heavy atom. The number of thiophene rings is 1. The van der Waals surface area contributed by atoms with Crippen molar-refractivity contribution in [2.24, 2.45) is 0 Å². The molecule has 4 aromatic heterocycles. The van der Waals surface area contributed by atoms with Crippen molar-refractivity contribution in [2.75, 3.05) is 6.54 Å². The molecule has 0 unspecified atom stereocenters. The number of alkyl halides is 3. The van der Waals surface area contributed by atoms with Gasteiger partial charge in [0.1, 0.15) is 0 Å². The van der Waals surface area contributed by atoms with Crippen LogP contribution in [0.25, 0.3) is 16.2 Å². The van der Waals surface area contributed by atoms with Gasteiger partial charge in [-0.2, -0.15) is 23.4 Å². The molecule has 0 radical (unpaired) electrons. The van der Waals surface area contributed by atoms with E-state index in [-0.39, 0.29) is 17.0 Å². The highest BCUT2D eigenvalue weighted by Gasteiger charge is 2.35. The molecule has 7 nitrogen and oxygen atoms in total. The van der Waals surface area contributed by atoms with E-state index in [1.54, 1.807) is 23.0 Å². The highest BCUT2D eigenvalue weighted by Crippen LogP contribution is 2.34. The van der Waals surface area contributed by atoms with E-state index in [1.807, 2.05) is 19.2 Å². The van der Waals surface area contributed by atoms with Gasteiger partial charge >= 0.3 is 6.18 Å². The maximum Gasteiger partial charge on any atom is 0.433 e. The molecular formula is C20H19F3N6OS. The van der Waals surface area contributed by atoms with Crippen LogP contribution in [-0.2, 0) is 19.1 Å². The second-order valence-corrected chi connectivity index (χ2v) is 7.99. The summed E-state index contributed by atoms with van der Waals surface area (Å²) in [5.41, 5.74) is -0.917. The molecule has 0 aliphatic heterocycles. The average Bonchev–Trinajstić information content (AvgIpc) is 3.49. The lowest BCUT2D eigenvalue weighted by atomic mass is 10.2. The third-order valence-corrected chi connectivity index (χ3v) is 5.87. The fraction of sp³-hybridized carbons (Fsp3) is 0.300. The standard InChI is InChI=1S/C20H19F3N6OS/c1-2-13-5-6-16(31-13)14-11-17(20(21,22)23)29-18(26-14)12-15(27-29)19(30)24-7-3-9-28-10-4-8-25-28/h4-6,8,10-12H,2-3,7,9H2,1H3,(H,24,30). The number of halogens is 3. The molecule has 4 rings (SSSR count). The lowest BCUT2D eigenvalue weighted by molar-refractivity contribution is -0.142. The van der Waals surface area contributed by atoms with Gasteiger partial charge in [-0.1, -0.05) is 6.92 Å². The fourth-order valence-corrected chi connectivity index (χ4v) is 3.99. The molecule has 0 aromatic carbocycles. The molecule has 0 aliphatic carbocycles. The molecular weight excluding hydrogens is 429 g/mol. The molecule has 162 valence electrons. The Kier molecular flexibility index (Phi) is 5.77. The second-order valence-electron chi connectivity index (χ2n) is 6.82. The van der Waals surface area contributed by atoms with Crippen LogP contribution in [0.5, 0.6) is 0 Å². The molecule has 11 heteroatoms. The Hall–Kier alpha value is -3.21. The van der Waals surface area contributed by atoms with Gasteiger partial charge in [-0.15, -0.1) is 11.3 Å². The van der Waals surface area contributed by atoms with Gasteiger partial charge in [0.2, 0.25) is 0 Å². The van der Waals surface area contributed by atoms with Crippen molar-refractivity contribution in [3.05, 3.63) is 59.0 Å². The number of carbonyl (C=O) groups is 1. The predicted octanol–water partition coefficient (Wildman–Crippen LogP) is 4.06. The van der Waals surface area contributed by atoms with Crippen molar-refractivity contribution in [1.82, 2.24) is 29.7 Å². The molecule has 4 aromatic rings. The maximum atomic E-state index is 13.7. The summed E-state index contributed by atoms with van der Waals surface area (Å²) in [6.07, 6.45) is 0.229. The minimum atomic E-state index is -4.65. The number of hydrogen-bond donors (Lipinski definition) is 1. The number of carbonyl (C=O) groups excluding carboxylic acids is 1. The zero-order valence-electron chi connectivity index (χ0n) is 16.6. The molecule has 0 saturated heterocycles. The predicted molar refractivity (Wildman–Crippen MR) is 110 cm³/mol. The number of fused-ring (bicyclic) bond motifs is 1. The van der Waals surface area contributed by atoms with Crippen LogP contribution in [0.3, 0.4) is 0 Å². The highest BCUT2D eigenvalue weighted by molar-refractivity contribution is 7.15. The van der Waals surface area contributed by atoms with E-state index in [0.29, 0.717) is 28.9 Å². The molecule has 0 saturated carbocycles. The van der Waals surface area contributed by atoms with E-state index in [2.05, 4.69) is 20.5 Å². The normalized spacial score (nSPS) is 11.9. The summed E-state index contributed by atoms with van der Waals surface area (Å²) in [4.78, 5) is 18.4. The van der Waals surface area contributed by atoms with Crippen LogP contribution in [0.1, 0.15) is 34.4 Å². The van der Waals surface area contributed by atoms with Crippen LogP contribution in [0.2, 0.25) is 0 Å². The topological polar surface area (TPSA) is 77.1 Å². The van der Waals surface area contributed by atoms with Gasteiger partial charge in [0.05, 0.1) is 10.6 Å². The lowest BCUT2D eigenvalue weighted by Gasteiger charge is -2.10. The first kappa shape index (κ1) is 21.0. The smallest absolute Gasteiger partial charge is 0.351 e. The quantitative estimate of drug-likeness (QED) is 0.433. The first-order chi connectivity index (χ1) is 14.8. The van der Waals surface area contributed by atoms with Crippen LogP contribution in [0, 0.1) is 0 Å². The number of rotatable bonds is 7. The molecule has 1 amide bonds. The Labute approximate surface area is 179 Å². The summed E-state index contributed by atoms with van der Waals surface area (Å²) in [6, 6.07) is 7.67. The van der Waals surface area contributed by atoms with E-state index < -0.39 is 17.8 Å². The van der Waals surface area contributed by atoms with Gasteiger partial charge in [-0.3, -0.25) is 9.48 Å². The summed E-state index contributed by atoms with van der Waals surface area (Å²) in [6.45, 7) is 2.93. The van der Waals surface area contributed by atoms with E-state index in [9.17, 15) is 18.0 Å². The number of nitrogens with zero attached hydrogens (tertiary/aromatic N) is 5. The monoisotopic (exact) mass is 448 g/mol. The van der Waals surface area contributed by atoms with Crippen molar-refractivity contribution in [1.29, 1.82) is 0 Å². The van der Waals surface area contributed by atoms with E-state index in [1.165, 1.54) is 17.4 Å². The van der Waals surface area contributed by atoms with Crippen molar-refractivity contribution in [3.8, 4) is 10.6 Å². The molecule has 0 fully saturated rings. The zero-order chi connectivity index (χ0) is 22.0. The van der Waals surface area contributed by atoms with Gasteiger partial charge in [-0.25, -0.2) is 9.50 Å². The zero-order valence-corrected chi connectivity index (χ0v) is 17.4. The van der Waals surface area contributed by atoms with Crippen LogP contribution < -0.4 is 5.32 Å². The number of hydrogen-bond acceptors (Lipinski definition) is 5. The SMILES string of the molecule is CCc1ccc(-c2cc(C(F)(F)F)n3nc(C(=O)NCCCn4cccn4)cc3n2)s1. The molecule has 31 heavy (non-hydrogen) atoms. The van der Waals surface area contributed by atoms with Crippen LogP contribution in [-0.4, -0.2) is 36.8 Å². The van der Waals surface area contributed by atoms with Crippen LogP contribution >= 0.6 is 11.3 Å². The largest absolute Gasteiger partial charge is 0.433 e. The average molecular weight is 448 g/mol. The van der Waals surface area contributed by atoms with Gasteiger partial charge < -0.3 is 5.32 Å². The summed E-state index contributed by atoms with van der Waals surface area (Å²) in [5, 5.41) is 10.6. The molecule has 0 atom stereocenters. The van der Waals surface area contributed by atoms with Crippen molar-refractivity contribution >= 4 is 22.9 Å². The molecule has 0 bridgehead atoms. The number of amides is 1. The van der Waals surface area contributed by atoms with E-state index >= 15 is 0 Å². The Morgan fingerprint density at radius 1 is 1.26 bits per heavy atom. The summed E-state index contributed by atoms with van der Waals surface area (Å²) in [7, 11) is 0. The minimum Gasteiger partial charge on any atom is -0.351 e. The van der Waals surface area contributed by atoms with Gasteiger partial charge in [-0.05, 0) is 37.1 Å². The van der Waals surface area contributed by atoms with E-state index in [0.717, 1.165) is 17.4 Å². The van der Waals surface area contributed by atoms with Crippen molar-refractivity contribution < 1.29 is 18.0 Å². The number of aromatic nitrogens is 5. The second kappa shape index (κ2) is 8.50. The lowest BCUT2D eigenvalue weighted by Crippen LogP contribution is -2.26. The van der Waals surface area contributed by atoms with Crippen LogP contribution in [0.4, 0.5) is 13.2 Å². The third kappa shape index (κ3) is 4.61. The molecule has 1 N–H and O–H groups in total. The molecule has 4 heterocycles. The summed E-state index contributed by atoms with van der Waals surface area (Å²) >= 11 is 1.39. The van der Waals surface area contributed by atoms with Gasteiger partial charge in [0, 0.05) is 36.4 Å². The number of aryl methyl sites for hydroxylation is 2. The first-order valence-electron chi connectivity index (χ1n) is 9.68. The highest BCUT2D eigenvalue weighted by atomic mass is 32.1. The van der Waals surface area contributed by atoms with Gasteiger partial charge in [0.25, 0.3) is 5.91 Å².